The third kappa shape index (κ3) is 18.1. The molecule has 19 nitrogen and oxygen atoms in total. The van der Waals surface area contributed by atoms with Crippen LogP contribution in [0.4, 0.5) is 0 Å². The van der Waals surface area contributed by atoms with Gasteiger partial charge >= 0.3 is 11.9 Å². The summed E-state index contributed by atoms with van der Waals surface area (Å²) in [6.45, 7) is 5.56. The first-order valence-corrected chi connectivity index (χ1v) is 17.6. The Bertz CT molecular complexity index is 1180. The first-order chi connectivity index (χ1) is 23.4. The summed E-state index contributed by atoms with van der Waals surface area (Å²) in [6, 6.07) is -9.15. The van der Waals surface area contributed by atoms with Gasteiger partial charge in [-0.05, 0) is 70.4 Å². The van der Waals surface area contributed by atoms with Gasteiger partial charge in [0.05, 0.1) is 19.1 Å². The van der Waals surface area contributed by atoms with Crippen LogP contribution in [0.5, 0.6) is 0 Å². The van der Waals surface area contributed by atoms with E-state index in [-0.39, 0.29) is 18.8 Å². The quantitative estimate of drug-likeness (QED) is 0.0411. The zero-order valence-electron chi connectivity index (χ0n) is 29.2. The van der Waals surface area contributed by atoms with Crippen molar-refractivity contribution in [3.05, 3.63) is 0 Å². The molecule has 0 aromatic carbocycles. The minimum absolute atomic E-state index is 0.0190. The Morgan fingerprint density at radius 2 is 1.12 bits per heavy atom. The standard InChI is InChI=1S/C30H54N8O11S/c1-15(2)12-20(37-26(44)18(32)9-11-50-5)27(45)38-22(14-39)29(47)34-16(3)24(42)33-17(4)25(43)36-21(13-23(40)41)28(46)35-19(30(48)49)8-6-7-10-31/h15-22,39H,6-14,31-32H2,1-5H3,(H,33,42)(H,34,47)(H,35,46)(H,36,43)(H,37,44)(H,38,45)(H,40,41)(H,48,49). The Hall–Kier alpha value is -4.01. The summed E-state index contributed by atoms with van der Waals surface area (Å²) in [5, 5.41) is 42.4. The van der Waals surface area contributed by atoms with Crippen molar-refractivity contribution in [1.82, 2.24) is 31.9 Å². The SMILES string of the molecule is CSCCC(N)C(=O)NC(CC(C)C)C(=O)NC(CO)C(=O)NC(C)C(=O)NC(C)C(=O)NC(CC(=O)O)C(=O)NC(CCCCN)C(=O)O. The molecule has 0 aromatic heterocycles. The van der Waals surface area contributed by atoms with E-state index in [2.05, 4.69) is 31.9 Å². The number of thioether (sulfide) groups is 1. The minimum atomic E-state index is -1.68. The van der Waals surface area contributed by atoms with Crippen LogP contribution in [0.2, 0.25) is 0 Å². The van der Waals surface area contributed by atoms with E-state index in [0.29, 0.717) is 31.6 Å². The molecule has 0 fully saturated rings. The number of aliphatic hydroxyl groups excluding tert-OH is 1. The average molecular weight is 735 g/mol. The van der Waals surface area contributed by atoms with Gasteiger partial charge < -0.3 is 58.7 Å². The van der Waals surface area contributed by atoms with Crippen molar-refractivity contribution in [3.8, 4) is 0 Å². The van der Waals surface area contributed by atoms with E-state index in [1.807, 2.05) is 20.1 Å². The summed E-state index contributed by atoms with van der Waals surface area (Å²) in [5.74, 6) is -7.44. The van der Waals surface area contributed by atoms with E-state index in [0.717, 1.165) is 0 Å². The van der Waals surface area contributed by atoms with E-state index in [4.69, 9.17) is 11.5 Å². The van der Waals surface area contributed by atoms with Crippen molar-refractivity contribution >= 4 is 59.1 Å². The Morgan fingerprint density at radius 1 is 0.640 bits per heavy atom. The first kappa shape index (κ1) is 46.0. The molecule has 0 aliphatic rings. The molecule has 0 aliphatic heterocycles. The number of carboxylic acids is 2. The lowest BCUT2D eigenvalue weighted by Crippen LogP contribution is -2.59. The van der Waals surface area contributed by atoms with Crippen LogP contribution in [0.3, 0.4) is 0 Å². The van der Waals surface area contributed by atoms with Gasteiger partial charge in [-0.2, -0.15) is 11.8 Å². The number of aliphatic carboxylic acids is 2. The Morgan fingerprint density at radius 3 is 1.62 bits per heavy atom. The van der Waals surface area contributed by atoms with E-state index < -0.39 is 103 Å². The van der Waals surface area contributed by atoms with Gasteiger partial charge in [0, 0.05) is 0 Å². The molecule has 0 aromatic rings. The predicted molar refractivity (Wildman–Crippen MR) is 183 cm³/mol. The topological polar surface area (TPSA) is 321 Å². The monoisotopic (exact) mass is 734 g/mol. The summed E-state index contributed by atoms with van der Waals surface area (Å²) in [6.07, 6.45) is 2.44. The number of nitrogens with one attached hydrogen (secondary N) is 6. The third-order valence-corrected chi connectivity index (χ3v) is 7.85. The van der Waals surface area contributed by atoms with Crippen LogP contribution in [-0.4, -0.2) is 130 Å². The van der Waals surface area contributed by atoms with Crippen LogP contribution in [0.15, 0.2) is 0 Å². The number of carboxylic acid groups (broad SMARTS) is 2. The average Bonchev–Trinajstić information content (AvgIpc) is 3.03. The number of hydrogen-bond acceptors (Lipinski definition) is 12. The van der Waals surface area contributed by atoms with E-state index in [1.165, 1.54) is 25.6 Å². The normalized spacial score (nSPS) is 15.2. The summed E-state index contributed by atoms with van der Waals surface area (Å²) in [4.78, 5) is 99.7. The number of unbranched alkanes of at least 4 members (excludes halogenated alkanes) is 1. The van der Waals surface area contributed by atoms with Crippen molar-refractivity contribution in [1.29, 1.82) is 0 Å². The molecule has 0 spiro atoms. The zero-order valence-corrected chi connectivity index (χ0v) is 30.0. The van der Waals surface area contributed by atoms with Crippen molar-refractivity contribution in [3.63, 3.8) is 0 Å². The Kier molecular flexibility index (Phi) is 22.3. The summed E-state index contributed by atoms with van der Waals surface area (Å²) < 4.78 is 0. The predicted octanol–water partition coefficient (Wildman–Crippen LogP) is -3.26. The lowest BCUT2D eigenvalue weighted by Gasteiger charge is -2.25. The molecule has 0 bridgehead atoms. The lowest BCUT2D eigenvalue weighted by molar-refractivity contribution is -0.143. The highest BCUT2D eigenvalue weighted by atomic mass is 32.2. The largest absolute Gasteiger partial charge is 0.481 e. The van der Waals surface area contributed by atoms with Gasteiger partial charge in [-0.15, -0.1) is 0 Å². The Balaban J connectivity index is 5.40. The van der Waals surface area contributed by atoms with Gasteiger partial charge in [0.15, 0.2) is 0 Å². The van der Waals surface area contributed by atoms with Gasteiger partial charge in [-0.3, -0.25) is 33.6 Å². The number of aliphatic hydroxyl groups is 1. The number of carbonyl (C=O) groups is 8. The lowest BCUT2D eigenvalue weighted by atomic mass is 10.0. The van der Waals surface area contributed by atoms with Gasteiger partial charge in [0.2, 0.25) is 35.4 Å². The maximum absolute atomic E-state index is 13.0. The molecule has 6 amide bonds. The molecule has 0 saturated carbocycles. The molecule has 7 atom stereocenters. The maximum atomic E-state index is 13.0. The van der Waals surface area contributed by atoms with Crippen LogP contribution in [-0.2, 0) is 38.4 Å². The molecule has 7 unspecified atom stereocenters. The zero-order chi connectivity index (χ0) is 38.6. The molecule has 0 heterocycles. The highest BCUT2D eigenvalue weighted by Gasteiger charge is 2.32. The summed E-state index contributed by atoms with van der Waals surface area (Å²) in [5.41, 5.74) is 11.3. The Labute approximate surface area is 295 Å². The van der Waals surface area contributed by atoms with Crippen LogP contribution < -0.4 is 43.4 Å². The van der Waals surface area contributed by atoms with Crippen LogP contribution >= 0.6 is 11.8 Å². The van der Waals surface area contributed by atoms with Crippen LogP contribution in [0, 0.1) is 5.92 Å². The fourth-order valence-corrected chi connectivity index (χ4v) is 4.80. The van der Waals surface area contributed by atoms with Gasteiger partial charge in [0.25, 0.3) is 0 Å². The van der Waals surface area contributed by atoms with Crippen molar-refractivity contribution in [2.75, 3.05) is 25.2 Å². The van der Waals surface area contributed by atoms with Crippen molar-refractivity contribution in [2.24, 2.45) is 17.4 Å². The third-order valence-electron chi connectivity index (χ3n) is 7.20. The first-order valence-electron chi connectivity index (χ1n) is 16.2. The van der Waals surface area contributed by atoms with E-state index >= 15 is 0 Å². The summed E-state index contributed by atoms with van der Waals surface area (Å²) in [7, 11) is 0. The molecule has 50 heavy (non-hydrogen) atoms. The van der Waals surface area contributed by atoms with E-state index in [1.54, 1.807) is 0 Å². The van der Waals surface area contributed by atoms with Crippen molar-refractivity contribution < 1.29 is 53.7 Å². The molecular formula is C30H54N8O11S. The van der Waals surface area contributed by atoms with Gasteiger partial charge in [-0.25, -0.2) is 4.79 Å². The second-order valence-corrected chi connectivity index (χ2v) is 13.1. The molecular weight excluding hydrogens is 680 g/mol. The maximum Gasteiger partial charge on any atom is 0.326 e. The molecule has 20 heteroatoms. The number of carbonyl (C=O) groups excluding carboxylic acids is 6. The number of amides is 6. The minimum Gasteiger partial charge on any atom is -0.481 e. The van der Waals surface area contributed by atoms with Gasteiger partial charge in [0.1, 0.15) is 36.3 Å². The molecule has 286 valence electrons. The second-order valence-electron chi connectivity index (χ2n) is 12.1. The number of hydrogen-bond donors (Lipinski definition) is 11. The number of nitrogens with two attached hydrogens (primary N) is 2. The number of rotatable bonds is 25. The summed E-state index contributed by atoms with van der Waals surface area (Å²) >= 11 is 1.51. The molecule has 0 aliphatic carbocycles. The molecule has 0 radical (unpaired) electrons. The van der Waals surface area contributed by atoms with E-state index in [9.17, 15) is 53.7 Å². The molecule has 13 N–H and O–H groups in total. The highest BCUT2D eigenvalue weighted by molar-refractivity contribution is 7.98. The van der Waals surface area contributed by atoms with Gasteiger partial charge in [-0.1, -0.05) is 13.8 Å². The fourth-order valence-electron chi connectivity index (χ4n) is 4.31. The molecule has 0 rings (SSSR count). The van der Waals surface area contributed by atoms with Crippen LogP contribution in [0.1, 0.15) is 66.2 Å². The smallest absolute Gasteiger partial charge is 0.326 e. The highest BCUT2D eigenvalue weighted by Crippen LogP contribution is 2.08. The molecule has 0 saturated heterocycles. The second kappa shape index (κ2) is 24.2. The van der Waals surface area contributed by atoms with Crippen molar-refractivity contribution in [2.45, 2.75) is 109 Å². The van der Waals surface area contributed by atoms with Crippen LogP contribution in [0.25, 0.3) is 0 Å². The fraction of sp³-hybridized carbons (Fsp3) is 0.733.